The molecule has 2 aromatic rings. The van der Waals surface area contributed by atoms with Crippen LogP contribution in [0.2, 0.25) is 0 Å². The molecule has 2 fully saturated rings. The molecule has 26 heavy (non-hydrogen) atoms. The summed E-state index contributed by atoms with van der Waals surface area (Å²) in [5, 5.41) is 8.58. The summed E-state index contributed by atoms with van der Waals surface area (Å²) in [6, 6.07) is 2.00. The van der Waals surface area contributed by atoms with Crippen molar-refractivity contribution < 1.29 is 9.32 Å². The Hall–Kier alpha value is -2.18. The van der Waals surface area contributed by atoms with Crippen molar-refractivity contribution in [1.82, 2.24) is 24.8 Å². The van der Waals surface area contributed by atoms with Crippen LogP contribution in [0.1, 0.15) is 62.1 Å². The molecule has 0 radical (unpaired) electrons. The molecule has 1 saturated heterocycles. The number of hydrogen-bond acceptors (Lipinski definition) is 5. The fourth-order valence-corrected chi connectivity index (χ4v) is 4.56. The topological polar surface area (TPSA) is 77.0 Å². The minimum Gasteiger partial charge on any atom is -0.340 e. The highest BCUT2D eigenvalue weighted by Crippen LogP contribution is 2.50. The van der Waals surface area contributed by atoms with Gasteiger partial charge in [-0.15, -0.1) is 0 Å². The van der Waals surface area contributed by atoms with Gasteiger partial charge in [0.25, 0.3) is 0 Å². The van der Waals surface area contributed by atoms with E-state index in [1.165, 1.54) is 0 Å². The van der Waals surface area contributed by atoms with E-state index in [0.29, 0.717) is 19.0 Å². The van der Waals surface area contributed by atoms with E-state index in [1.807, 2.05) is 24.8 Å². The highest BCUT2D eigenvalue weighted by atomic mass is 16.5. The highest BCUT2D eigenvalue weighted by Gasteiger charge is 2.55. The number of hydrogen-bond donors (Lipinski definition) is 0. The van der Waals surface area contributed by atoms with E-state index in [-0.39, 0.29) is 17.2 Å². The Morgan fingerprint density at radius 3 is 2.88 bits per heavy atom. The number of aromatic nitrogens is 4. The van der Waals surface area contributed by atoms with Crippen LogP contribution in [0, 0.1) is 19.8 Å². The Morgan fingerprint density at radius 2 is 2.23 bits per heavy atom. The zero-order chi connectivity index (χ0) is 18.5. The van der Waals surface area contributed by atoms with Gasteiger partial charge < -0.3 is 9.42 Å². The van der Waals surface area contributed by atoms with Crippen molar-refractivity contribution in [1.29, 1.82) is 0 Å². The van der Waals surface area contributed by atoms with Crippen LogP contribution in [0.15, 0.2) is 10.6 Å². The molecule has 0 unspecified atom stereocenters. The second-order valence-corrected chi connectivity index (χ2v) is 8.22. The zero-order valence-electron chi connectivity index (χ0n) is 16.0. The van der Waals surface area contributed by atoms with Gasteiger partial charge in [0.15, 0.2) is 5.82 Å². The van der Waals surface area contributed by atoms with Gasteiger partial charge in [-0.2, -0.15) is 10.1 Å². The van der Waals surface area contributed by atoms with Crippen LogP contribution >= 0.6 is 0 Å². The number of likely N-dealkylation sites (tertiary alicyclic amines) is 1. The molecule has 2 atom stereocenters. The largest absolute Gasteiger partial charge is 0.340 e. The van der Waals surface area contributed by atoms with Crippen LogP contribution < -0.4 is 0 Å². The molecule has 3 heterocycles. The quantitative estimate of drug-likeness (QED) is 0.840. The molecule has 1 aliphatic carbocycles. The summed E-state index contributed by atoms with van der Waals surface area (Å²) < 4.78 is 7.46. The molecule has 1 amide bonds. The number of carbonyl (C=O) groups excluding carboxylic acids is 1. The van der Waals surface area contributed by atoms with Crippen molar-refractivity contribution in [3.63, 3.8) is 0 Å². The summed E-state index contributed by atoms with van der Waals surface area (Å²) in [6.45, 7) is 9.82. The number of aryl methyl sites for hydroxylation is 2. The SMILES string of the molecule is Cc1cc(C)n(CC(=O)N2C[C@H]3CCC[C@@]3(c3nc(C(C)C)no3)C2)n1. The summed E-state index contributed by atoms with van der Waals surface area (Å²) in [7, 11) is 0. The van der Waals surface area contributed by atoms with Crippen LogP contribution in [0.4, 0.5) is 0 Å². The van der Waals surface area contributed by atoms with E-state index in [0.717, 1.165) is 48.9 Å². The van der Waals surface area contributed by atoms with Gasteiger partial charge in [0.05, 0.1) is 11.1 Å². The van der Waals surface area contributed by atoms with E-state index < -0.39 is 0 Å². The molecule has 0 bridgehead atoms. The minimum atomic E-state index is -0.162. The third-order valence-electron chi connectivity index (χ3n) is 6.00. The predicted octanol–water partition coefficient (Wildman–Crippen LogP) is 2.59. The lowest BCUT2D eigenvalue weighted by molar-refractivity contribution is -0.131. The van der Waals surface area contributed by atoms with E-state index >= 15 is 0 Å². The van der Waals surface area contributed by atoms with Gasteiger partial charge in [-0.05, 0) is 38.7 Å². The fourth-order valence-electron chi connectivity index (χ4n) is 4.56. The molecule has 0 N–H and O–H groups in total. The summed E-state index contributed by atoms with van der Waals surface area (Å²) in [5.41, 5.74) is 1.80. The number of fused-ring (bicyclic) bond motifs is 1. The molecule has 7 nitrogen and oxygen atoms in total. The Balaban J connectivity index is 1.54. The van der Waals surface area contributed by atoms with Gasteiger partial charge >= 0.3 is 0 Å². The summed E-state index contributed by atoms with van der Waals surface area (Å²) in [6.07, 6.45) is 3.29. The second-order valence-electron chi connectivity index (χ2n) is 8.22. The predicted molar refractivity (Wildman–Crippen MR) is 95.7 cm³/mol. The summed E-state index contributed by atoms with van der Waals surface area (Å²) in [5.74, 6) is 2.26. The van der Waals surface area contributed by atoms with Crippen molar-refractivity contribution in [2.45, 2.75) is 64.8 Å². The van der Waals surface area contributed by atoms with Crippen LogP contribution in [0.25, 0.3) is 0 Å². The van der Waals surface area contributed by atoms with Crippen molar-refractivity contribution in [2.75, 3.05) is 13.1 Å². The third-order valence-corrected chi connectivity index (χ3v) is 6.00. The van der Waals surface area contributed by atoms with Gasteiger partial charge in [0.2, 0.25) is 11.8 Å². The van der Waals surface area contributed by atoms with Crippen LogP contribution in [0.5, 0.6) is 0 Å². The maximum absolute atomic E-state index is 12.9. The fraction of sp³-hybridized carbons (Fsp3) is 0.684. The molecule has 7 heteroatoms. The lowest BCUT2D eigenvalue weighted by Gasteiger charge is -2.24. The molecule has 1 saturated carbocycles. The molecule has 140 valence electrons. The summed E-state index contributed by atoms with van der Waals surface area (Å²) >= 11 is 0. The van der Waals surface area contributed by atoms with Crippen molar-refractivity contribution in [3.8, 4) is 0 Å². The number of amides is 1. The Morgan fingerprint density at radius 1 is 1.42 bits per heavy atom. The average Bonchev–Trinajstić information content (AvgIpc) is 3.30. The average molecular weight is 357 g/mol. The van der Waals surface area contributed by atoms with E-state index in [9.17, 15) is 4.79 Å². The molecule has 0 aromatic carbocycles. The smallest absolute Gasteiger partial charge is 0.244 e. The van der Waals surface area contributed by atoms with Gasteiger partial charge in [-0.25, -0.2) is 0 Å². The maximum Gasteiger partial charge on any atom is 0.244 e. The minimum absolute atomic E-state index is 0.119. The number of carbonyl (C=O) groups is 1. The lowest BCUT2D eigenvalue weighted by atomic mass is 9.80. The van der Waals surface area contributed by atoms with Crippen LogP contribution in [0.3, 0.4) is 0 Å². The van der Waals surface area contributed by atoms with Gasteiger partial charge in [0.1, 0.15) is 6.54 Å². The molecule has 2 aliphatic rings. The lowest BCUT2D eigenvalue weighted by Crippen LogP contribution is -2.36. The third kappa shape index (κ3) is 2.73. The first-order valence-electron chi connectivity index (χ1n) is 9.52. The summed E-state index contributed by atoms with van der Waals surface area (Å²) in [4.78, 5) is 19.6. The standard InChI is InChI=1S/C19H27N5O2/c1-12(2)17-20-18(26-22-17)19-7-5-6-15(19)9-23(11-19)16(25)10-24-14(4)8-13(3)21-24/h8,12,15H,5-7,9-11H2,1-4H3/t15-,19-/m1/s1. The Kier molecular flexibility index (Phi) is 4.12. The second kappa shape index (κ2) is 6.21. The first-order chi connectivity index (χ1) is 12.4. The van der Waals surface area contributed by atoms with Gasteiger partial charge in [0, 0.05) is 24.7 Å². The molecule has 4 rings (SSSR count). The van der Waals surface area contributed by atoms with Gasteiger partial charge in [-0.1, -0.05) is 25.4 Å². The normalized spacial score (nSPS) is 25.3. The van der Waals surface area contributed by atoms with Crippen LogP contribution in [-0.4, -0.2) is 43.8 Å². The first-order valence-corrected chi connectivity index (χ1v) is 9.52. The van der Waals surface area contributed by atoms with Crippen molar-refractivity contribution in [2.24, 2.45) is 5.92 Å². The Bertz CT molecular complexity index is 824. The molecule has 0 spiro atoms. The molecular formula is C19H27N5O2. The van der Waals surface area contributed by atoms with E-state index in [1.54, 1.807) is 4.68 Å². The van der Waals surface area contributed by atoms with Crippen LogP contribution in [-0.2, 0) is 16.8 Å². The zero-order valence-corrected chi connectivity index (χ0v) is 16.0. The number of nitrogens with zero attached hydrogens (tertiary/aromatic N) is 5. The van der Waals surface area contributed by atoms with E-state index in [2.05, 4.69) is 29.1 Å². The first kappa shape index (κ1) is 17.2. The molecular weight excluding hydrogens is 330 g/mol. The maximum atomic E-state index is 12.9. The molecule has 1 aliphatic heterocycles. The van der Waals surface area contributed by atoms with Gasteiger partial charge in [-0.3, -0.25) is 9.48 Å². The highest BCUT2D eigenvalue weighted by molar-refractivity contribution is 5.76. The Labute approximate surface area is 153 Å². The monoisotopic (exact) mass is 357 g/mol. The van der Waals surface area contributed by atoms with Crippen molar-refractivity contribution >= 4 is 5.91 Å². The van der Waals surface area contributed by atoms with Crippen molar-refractivity contribution in [3.05, 3.63) is 29.2 Å². The molecule has 2 aromatic heterocycles. The number of rotatable bonds is 4. The van der Waals surface area contributed by atoms with E-state index in [4.69, 9.17) is 4.52 Å².